The topological polar surface area (TPSA) is 61.1 Å². The largest absolute Gasteiger partial charge is 0.345 e. The Bertz CT molecular complexity index is 651. The van der Waals surface area contributed by atoms with Crippen LogP contribution in [0.2, 0.25) is 0 Å². The fraction of sp³-hybridized carbons (Fsp3) is 0.0714. The summed E-state index contributed by atoms with van der Waals surface area (Å²) in [5.74, 6) is 0.644. The SMILES string of the molecule is C#C/N=C1/NC=C(c2ccnc(C#N)c2)/C1=C/C. The van der Waals surface area contributed by atoms with Crippen LogP contribution < -0.4 is 5.32 Å². The summed E-state index contributed by atoms with van der Waals surface area (Å²) in [6, 6.07) is 7.85. The maximum Gasteiger partial charge on any atom is 0.148 e. The zero-order valence-corrected chi connectivity index (χ0v) is 9.81. The summed E-state index contributed by atoms with van der Waals surface area (Å²) in [5, 5.41) is 11.9. The number of nitriles is 1. The van der Waals surface area contributed by atoms with Gasteiger partial charge in [0.25, 0.3) is 0 Å². The van der Waals surface area contributed by atoms with Gasteiger partial charge in [-0.05, 0) is 24.6 Å². The molecule has 0 saturated heterocycles. The summed E-state index contributed by atoms with van der Waals surface area (Å²) in [6.07, 6.45) is 10.5. The van der Waals surface area contributed by atoms with Gasteiger partial charge in [0, 0.05) is 29.6 Å². The average molecular weight is 234 g/mol. The molecular formula is C14H10N4. The maximum absolute atomic E-state index is 8.85. The number of nitrogens with zero attached hydrogens (tertiary/aromatic N) is 3. The molecule has 18 heavy (non-hydrogen) atoms. The van der Waals surface area contributed by atoms with Gasteiger partial charge in [-0.3, -0.25) is 0 Å². The van der Waals surface area contributed by atoms with Gasteiger partial charge in [0.05, 0.1) is 0 Å². The first-order valence-corrected chi connectivity index (χ1v) is 5.33. The summed E-state index contributed by atoms with van der Waals surface area (Å²) < 4.78 is 0. The van der Waals surface area contributed by atoms with Crippen molar-refractivity contribution in [1.82, 2.24) is 10.3 Å². The third-order valence-corrected chi connectivity index (χ3v) is 2.55. The zero-order chi connectivity index (χ0) is 13.0. The average Bonchev–Trinajstić information content (AvgIpc) is 2.82. The van der Waals surface area contributed by atoms with E-state index in [1.165, 1.54) is 0 Å². The van der Waals surface area contributed by atoms with E-state index in [4.69, 9.17) is 11.7 Å². The van der Waals surface area contributed by atoms with E-state index < -0.39 is 0 Å². The number of aromatic nitrogens is 1. The van der Waals surface area contributed by atoms with Gasteiger partial charge in [0.15, 0.2) is 0 Å². The predicted molar refractivity (Wildman–Crippen MR) is 70.1 cm³/mol. The van der Waals surface area contributed by atoms with Gasteiger partial charge in [-0.1, -0.05) is 12.5 Å². The molecule has 0 atom stereocenters. The van der Waals surface area contributed by atoms with Crippen molar-refractivity contribution in [1.29, 1.82) is 5.26 Å². The first kappa shape index (κ1) is 11.6. The second kappa shape index (κ2) is 4.99. The van der Waals surface area contributed by atoms with Gasteiger partial charge in [0.1, 0.15) is 17.6 Å². The lowest BCUT2D eigenvalue weighted by Crippen LogP contribution is -2.12. The molecule has 0 saturated carbocycles. The zero-order valence-electron chi connectivity index (χ0n) is 9.81. The van der Waals surface area contributed by atoms with Crippen LogP contribution in [0.3, 0.4) is 0 Å². The van der Waals surface area contributed by atoms with E-state index in [1.807, 2.05) is 31.3 Å². The second-order valence-electron chi connectivity index (χ2n) is 3.54. The van der Waals surface area contributed by atoms with Gasteiger partial charge in [-0.2, -0.15) is 10.3 Å². The summed E-state index contributed by atoms with van der Waals surface area (Å²) >= 11 is 0. The van der Waals surface area contributed by atoms with Gasteiger partial charge < -0.3 is 5.32 Å². The van der Waals surface area contributed by atoms with Crippen molar-refractivity contribution in [3.05, 3.63) is 47.4 Å². The molecule has 0 bridgehead atoms. The van der Waals surface area contributed by atoms with E-state index in [-0.39, 0.29) is 0 Å². The third-order valence-electron chi connectivity index (χ3n) is 2.55. The minimum atomic E-state index is 0.381. The minimum Gasteiger partial charge on any atom is -0.345 e. The molecule has 1 aliphatic rings. The molecule has 4 heteroatoms. The number of amidine groups is 1. The molecule has 0 fully saturated rings. The van der Waals surface area contributed by atoms with Crippen LogP contribution in [0.4, 0.5) is 0 Å². The van der Waals surface area contributed by atoms with Gasteiger partial charge in [0.2, 0.25) is 0 Å². The van der Waals surface area contributed by atoms with E-state index >= 15 is 0 Å². The van der Waals surface area contributed by atoms with Crippen molar-refractivity contribution in [2.24, 2.45) is 4.99 Å². The van der Waals surface area contributed by atoms with Crippen LogP contribution in [0.25, 0.3) is 5.57 Å². The van der Waals surface area contributed by atoms with Crippen molar-refractivity contribution in [3.8, 4) is 18.5 Å². The quantitative estimate of drug-likeness (QED) is 0.754. The number of aliphatic imine (C=N–C) groups is 1. The molecule has 0 aliphatic carbocycles. The Morgan fingerprint density at radius 2 is 2.39 bits per heavy atom. The van der Waals surface area contributed by atoms with Gasteiger partial charge in [-0.25, -0.2) is 4.98 Å². The summed E-state index contributed by atoms with van der Waals surface area (Å²) in [6.45, 7) is 1.91. The molecule has 1 N–H and O–H groups in total. The van der Waals surface area contributed by atoms with Crippen LogP contribution in [0.1, 0.15) is 18.2 Å². The van der Waals surface area contributed by atoms with Crippen molar-refractivity contribution >= 4 is 11.4 Å². The van der Waals surface area contributed by atoms with Gasteiger partial charge >= 0.3 is 0 Å². The van der Waals surface area contributed by atoms with E-state index in [2.05, 4.69) is 21.3 Å². The maximum atomic E-state index is 8.85. The van der Waals surface area contributed by atoms with Crippen molar-refractivity contribution < 1.29 is 0 Å². The van der Waals surface area contributed by atoms with Crippen LogP contribution in [0.15, 0.2) is 41.2 Å². The Kier molecular flexibility index (Phi) is 3.22. The number of nitrogens with one attached hydrogen (secondary N) is 1. The van der Waals surface area contributed by atoms with E-state index in [0.717, 1.165) is 16.7 Å². The molecule has 0 radical (unpaired) electrons. The van der Waals surface area contributed by atoms with Crippen molar-refractivity contribution in [2.75, 3.05) is 0 Å². The smallest absolute Gasteiger partial charge is 0.148 e. The van der Waals surface area contributed by atoms with E-state index in [0.29, 0.717) is 11.5 Å². The summed E-state index contributed by atoms with van der Waals surface area (Å²) in [7, 11) is 0. The number of rotatable bonds is 1. The lowest BCUT2D eigenvalue weighted by atomic mass is 10.0. The third kappa shape index (κ3) is 2.00. The minimum absolute atomic E-state index is 0.381. The number of hydrogen-bond donors (Lipinski definition) is 1. The normalized spacial score (nSPS) is 18.1. The van der Waals surface area contributed by atoms with Crippen molar-refractivity contribution in [2.45, 2.75) is 6.92 Å². The highest BCUT2D eigenvalue weighted by atomic mass is 15.0. The lowest BCUT2D eigenvalue weighted by Gasteiger charge is -2.04. The molecule has 0 aromatic carbocycles. The van der Waals surface area contributed by atoms with Gasteiger partial charge in [-0.15, -0.1) is 0 Å². The Hall–Kier alpha value is -2.85. The highest BCUT2D eigenvalue weighted by Gasteiger charge is 2.19. The Labute approximate surface area is 105 Å². The molecule has 2 rings (SSSR count). The summed E-state index contributed by atoms with van der Waals surface area (Å²) in [5.41, 5.74) is 3.16. The molecule has 1 aliphatic heterocycles. The highest BCUT2D eigenvalue weighted by molar-refractivity contribution is 6.16. The van der Waals surface area contributed by atoms with Crippen LogP contribution in [0.5, 0.6) is 0 Å². The molecule has 1 aromatic rings. The lowest BCUT2D eigenvalue weighted by molar-refractivity contribution is 1.25. The van der Waals surface area contributed by atoms with Crippen molar-refractivity contribution in [3.63, 3.8) is 0 Å². The fourth-order valence-corrected chi connectivity index (χ4v) is 1.77. The van der Waals surface area contributed by atoms with Crippen LogP contribution in [-0.4, -0.2) is 10.8 Å². The standard InChI is InChI=1S/C14H10N4/c1-3-12-13(9-18-14(12)16-4-2)10-5-6-17-11(7-10)8-15/h2-3,5-7,9H,1H3,(H,16,18)/b12-3-. The number of allylic oxidation sites excluding steroid dienone is 1. The molecule has 4 nitrogen and oxygen atoms in total. The number of terminal acetylenes is 1. The highest BCUT2D eigenvalue weighted by Crippen LogP contribution is 2.27. The monoisotopic (exact) mass is 234 g/mol. The summed E-state index contributed by atoms with van der Waals surface area (Å²) in [4.78, 5) is 7.87. The molecule has 86 valence electrons. The molecule has 0 spiro atoms. The molecule has 2 heterocycles. The Balaban J connectivity index is 2.45. The predicted octanol–water partition coefficient (Wildman–Crippen LogP) is 1.83. The van der Waals surface area contributed by atoms with Crippen LogP contribution in [-0.2, 0) is 0 Å². The molecule has 0 amide bonds. The number of hydrogen-bond acceptors (Lipinski definition) is 3. The number of pyridine rings is 1. The van der Waals surface area contributed by atoms with E-state index in [1.54, 1.807) is 12.3 Å². The van der Waals surface area contributed by atoms with Crippen LogP contribution in [0, 0.1) is 23.8 Å². The Morgan fingerprint density at radius 3 is 3.06 bits per heavy atom. The van der Waals surface area contributed by atoms with E-state index in [9.17, 15) is 0 Å². The molecule has 1 aromatic heterocycles. The van der Waals surface area contributed by atoms with Crippen LogP contribution >= 0.6 is 0 Å². The first-order valence-electron chi connectivity index (χ1n) is 5.33. The first-order chi connectivity index (χ1) is 8.80. The Morgan fingerprint density at radius 1 is 1.56 bits per heavy atom. The fourth-order valence-electron chi connectivity index (χ4n) is 1.77. The molecular weight excluding hydrogens is 224 g/mol. The second-order valence-corrected chi connectivity index (χ2v) is 3.54. The molecule has 0 unspecified atom stereocenters.